The minimum absolute atomic E-state index is 0.191. The molecule has 3 nitrogen and oxygen atoms in total. The number of hydrogen-bond donors (Lipinski definition) is 1. The van der Waals surface area contributed by atoms with E-state index in [-0.39, 0.29) is 5.78 Å². The number of rotatable bonds is 1. The van der Waals surface area contributed by atoms with Gasteiger partial charge in [0, 0.05) is 24.1 Å². The normalized spacial score (nSPS) is 14.7. The molecule has 1 aromatic heterocycles. The zero-order valence-corrected chi connectivity index (χ0v) is 9.40. The fraction of sp³-hybridized carbons (Fsp3) is 0.214. The van der Waals surface area contributed by atoms with Crippen LogP contribution in [0.5, 0.6) is 0 Å². The van der Waals surface area contributed by atoms with E-state index in [1.165, 1.54) is 0 Å². The first-order valence-corrected chi connectivity index (χ1v) is 5.76. The number of benzene rings is 1. The van der Waals surface area contributed by atoms with Gasteiger partial charge in [0.15, 0.2) is 5.78 Å². The molecule has 0 saturated carbocycles. The van der Waals surface area contributed by atoms with Gasteiger partial charge < -0.3 is 10.2 Å². The third-order valence-electron chi connectivity index (χ3n) is 3.11. The lowest BCUT2D eigenvalue weighted by atomic mass is 9.97. The van der Waals surface area contributed by atoms with Gasteiger partial charge in [0.05, 0.1) is 5.56 Å². The largest absolute Gasteiger partial charge is 0.460 e. The summed E-state index contributed by atoms with van der Waals surface area (Å²) in [5.74, 6) is 1.77. The number of furan rings is 1. The number of fused-ring (bicyclic) bond motifs is 1. The van der Waals surface area contributed by atoms with Gasteiger partial charge in [-0.2, -0.15) is 0 Å². The Morgan fingerprint density at radius 1 is 1.12 bits per heavy atom. The van der Waals surface area contributed by atoms with Crippen molar-refractivity contribution in [1.29, 1.82) is 0 Å². The van der Waals surface area contributed by atoms with Gasteiger partial charge in [-0.1, -0.05) is 0 Å². The van der Waals surface area contributed by atoms with Crippen molar-refractivity contribution in [2.24, 2.45) is 0 Å². The molecule has 1 aliphatic rings. The van der Waals surface area contributed by atoms with E-state index in [1.54, 1.807) is 0 Å². The predicted octanol–water partition coefficient (Wildman–Crippen LogP) is 3.05. The van der Waals surface area contributed by atoms with E-state index in [1.807, 2.05) is 30.3 Å². The summed E-state index contributed by atoms with van der Waals surface area (Å²) in [5.41, 5.74) is 8.08. The molecular weight excluding hydrogens is 214 g/mol. The van der Waals surface area contributed by atoms with Crippen molar-refractivity contribution in [1.82, 2.24) is 0 Å². The monoisotopic (exact) mass is 227 g/mol. The molecule has 0 amide bonds. The number of hydrogen-bond acceptors (Lipinski definition) is 3. The average molecular weight is 227 g/mol. The smallest absolute Gasteiger partial charge is 0.166 e. The number of ketones is 1. The van der Waals surface area contributed by atoms with Crippen LogP contribution in [0.4, 0.5) is 5.69 Å². The van der Waals surface area contributed by atoms with E-state index < -0.39 is 0 Å². The average Bonchev–Trinajstić information content (AvgIpc) is 2.75. The van der Waals surface area contributed by atoms with Crippen LogP contribution in [0.3, 0.4) is 0 Å². The highest BCUT2D eigenvalue weighted by molar-refractivity contribution is 5.98. The summed E-state index contributed by atoms with van der Waals surface area (Å²) < 4.78 is 5.74. The molecule has 0 bridgehead atoms. The Bertz CT molecular complexity index is 566. The van der Waals surface area contributed by atoms with Crippen LogP contribution in [0.25, 0.3) is 11.3 Å². The number of carbonyl (C=O) groups is 1. The van der Waals surface area contributed by atoms with Crippen LogP contribution in [0.2, 0.25) is 0 Å². The van der Waals surface area contributed by atoms with Gasteiger partial charge in [0.25, 0.3) is 0 Å². The molecule has 3 rings (SSSR count). The molecule has 3 heteroatoms. The third kappa shape index (κ3) is 1.73. The first kappa shape index (κ1) is 10.1. The molecular formula is C14H13NO2. The maximum atomic E-state index is 11.7. The molecule has 2 N–H and O–H groups in total. The molecule has 0 atom stereocenters. The number of Topliss-reactive ketones (excluding diaryl/α,β-unsaturated/α-hetero) is 1. The quantitative estimate of drug-likeness (QED) is 0.762. The summed E-state index contributed by atoms with van der Waals surface area (Å²) >= 11 is 0. The molecule has 2 aromatic rings. The Morgan fingerprint density at radius 2 is 1.88 bits per heavy atom. The van der Waals surface area contributed by atoms with E-state index in [9.17, 15) is 4.79 Å². The van der Waals surface area contributed by atoms with E-state index >= 15 is 0 Å². The van der Waals surface area contributed by atoms with Crippen molar-refractivity contribution in [2.75, 3.05) is 5.73 Å². The lowest BCUT2D eigenvalue weighted by Gasteiger charge is -2.06. The summed E-state index contributed by atoms with van der Waals surface area (Å²) in [6.45, 7) is 0. The first-order valence-electron chi connectivity index (χ1n) is 5.76. The maximum Gasteiger partial charge on any atom is 0.166 e. The number of nitrogens with two attached hydrogens (primary N) is 1. The van der Waals surface area contributed by atoms with Crippen LogP contribution < -0.4 is 5.73 Å². The molecule has 86 valence electrons. The second-order valence-corrected chi connectivity index (χ2v) is 4.35. The molecule has 1 aromatic carbocycles. The van der Waals surface area contributed by atoms with Gasteiger partial charge in [0.2, 0.25) is 0 Å². The highest BCUT2D eigenvalue weighted by Gasteiger charge is 2.22. The first-order chi connectivity index (χ1) is 8.24. The number of carbonyl (C=O) groups excluding carboxylic acids is 1. The Labute approximate surface area is 99.2 Å². The Hall–Kier alpha value is -2.03. The zero-order valence-electron chi connectivity index (χ0n) is 9.40. The highest BCUT2D eigenvalue weighted by Crippen LogP contribution is 2.30. The van der Waals surface area contributed by atoms with Crippen LogP contribution in [0.15, 0.2) is 34.7 Å². The topological polar surface area (TPSA) is 56.2 Å². The summed E-state index contributed by atoms with van der Waals surface area (Å²) in [6, 6.07) is 9.33. The van der Waals surface area contributed by atoms with Crippen molar-refractivity contribution in [3.05, 3.63) is 41.7 Å². The molecule has 1 aliphatic carbocycles. The Kier molecular flexibility index (Phi) is 2.25. The zero-order chi connectivity index (χ0) is 11.8. The molecule has 0 saturated heterocycles. The van der Waals surface area contributed by atoms with Gasteiger partial charge >= 0.3 is 0 Å². The maximum absolute atomic E-state index is 11.7. The van der Waals surface area contributed by atoms with Gasteiger partial charge in [-0.15, -0.1) is 0 Å². The van der Waals surface area contributed by atoms with E-state index in [0.717, 1.165) is 41.2 Å². The number of nitrogen functional groups attached to an aromatic ring is 1. The van der Waals surface area contributed by atoms with Crippen molar-refractivity contribution in [3.8, 4) is 11.3 Å². The van der Waals surface area contributed by atoms with Gasteiger partial charge in [0.1, 0.15) is 11.5 Å². The summed E-state index contributed by atoms with van der Waals surface area (Å²) in [7, 11) is 0. The number of anilines is 1. The van der Waals surface area contributed by atoms with Crippen LogP contribution >= 0.6 is 0 Å². The third-order valence-corrected chi connectivity index (χ3v) is 3.11. The van der Waals surface area contributed by atoms with Gasteiger partial charge in [-0.25, -0.2) is 0 Å². The van der Waals surface area contributed by atoms with Crippen molar-refractivity contribution >= 4 is 11.5 Å². The second-order valence-electron chi connectivity index (χ2n) is 4.35. The van der Waals surface area contributed by atoms with E-state index in [4.69, 9.17) is 10.2 Å². The number of aryl methyl sites for hydroxylation is 1. The van der Waals surface area contributed by atoms with Crippen molar-refractivity contribution < 1.29 is 9.21 Å². The minimum Gasteiger partial charge on any atom is -0.460 e. The molecule has 1 heterocycles. The molecule has 0 radical (unpaired) electrons. The van der Waals surface area contributed by atoms with E-state index in [2.05, 4.69) is 0 Å². The SMILES string of the molecule is Nc1ccc(-c2cc3c(o2)CCCC3=O)cc1. The summed E-state index contributed by atoms with van der Waals surface area (Å²) in [4.78, 5) is 11.7. The second kappa shape index (κ2) is 3.77. The van der Waals surface area contributed by atoms with Crippen LogP contribution in [-0.4, -0.2) is 5.78 Å². The molecule has 0 unspecified atom stereocenters. The summed E-state index contributed by atoms with van der Waals surface area (Å²) in [5, 5.41) is 0. The van der Waals surface area contributed by atoms with Gasteiger partial charge in [-0.05, 0) is 36.8 Å². The lowest BCUT2D eigenvalue weighted by molar-refractivity contribution is 0.0969. The summed E-state index contributed by atoms with van der Waals surface area (Å²) in [6.07, 6.45) is 2.38. The van der Waals surface area contributed by atoms with Crippen LogP contribution in [0.1, 0.15) is 29.0 Å². The van der Waals surface area contributed by atoms with Crippen LogP contribution in [-0.2, 0) is 6.42 Å². The molecule has 17 heavy (non-hydrogen) atoms. The highest BCUT2D eigenvalue weighted by atomic mass is 16.3. The lowest BCUT2D eigenvalue weighted by Crippen LogP contribution is -2.07. The molecule has 0 aliphatic heterocycles. The van der Waals surface area contributed by atoms with Crippen molar-refractivity contribution in [3.63, 3.8) is 0 Å². The minimum atomic E-state index is 0.191. The molecule has 0 fully saturated rings. The fourth-order valence-corrected chi connectivity index (χ4v) is 2.18. The van der Waals surface area contributed by atoms with Gasteiger partial charge in [-0.3, -0.25) is 4.79 Å². The Balaban J connectivity index is 2.05. The molecule has 0 spiro atoms. The van der Waals surface area contributed by atoms with Crippen LogP contribution in [0, 0.1) is 0 Å². The fourth-order valence-electron chi connectivity index (χ4n) is 2.18. The Morgan fingerprint density at radius 3 is 2.59 bits per heavy atom. The van der Waals surface area contributed by atoms with Crippen molar-refractivity contribution in [2.45, 2.75) is 19.3 Å². The van der Waals surface area contributed by atoms with E-state index in [0.29, 0.717) is 6.42 Å². The standard InChI is InChI=1S/C14H13NO2/c15-10-6-4-9(5-7-10)14-8-11-12(16)2-1-3-13(11)17-14/h4-8H,1-3,15H2. The predicted molar refractivity (Wildman–Crippen MR) is 65.8 cm³/mol.